The van der Waals surface area contributed by atoms with Crippen molar-refractivity contribution in [3.8, 4) is 0 Å². The van der Waals surface area contributed by atoms with E-state index in [1.807, 2.05) is 6.07 Å². The van der Waals surface area contributed by atoms with Gasteiger partial charge in [-0.2, -0.15) is 0 Å². The molecule has 0 spiro atoms. The van der Waals surface area contributed by atoms with Crippen molar-refractivity contribution in [2.75, 3.05) is 13.6 Å². The molecule has 0 saturated heterocycles. The number of aliphatic hydroxyl groups excluding tert-OH is 1. The second-order valence-electron chi connectivity index (χ2n) is 5.91. The SMILES string of the molecule is CC(C)CCN(C)C1CCc2ccccc2C1O. The highest BCUT2D eigenvalue weighted by molar-refractivity contribution is 5.32. The number of aryl methyl sites for hydroxylation is 1. The Kier molecular flexibility index (Phi) is 4.41. The molecule has 0 radical (unpaired) electrons. The maximum absolute atomic E-state index is 10.5. The molecule has 1 N–H and O–H groups in total. The van der Waals surface area contributed by atoms with Gasteiger partial charge < -0.3 is 10.0 Å². The largest absolute Gasteiger partial charge is 0.387 e. The van der Waals surface area contributed by atoms with E-state index in [-0.39, 0.29) is 12.1 Å². The number of benzene rings is 1. The fraction of sp³-hybridized carbons (Fsp3) is 0.625. The molecule has 1 aliphatic rings. The van der Waals surface area contributed by atoms with Gasteiger partial charge in [0.05, 0.1) is 6.10 Å². The van der Waals surface area contributed by atoms with Crippen LogP contribution in [-0.4, -0.2) is 29.6 Å². The van der Waals surface area contributed by atoms with Crippen LogP contribution in [0.5, 0.6) is 0 Å². The van der Waals surface area contributed by atoms with Crippen molar-refractivity contribution >= 4 is 0 Å². The molecule has 0 aliphatic heterocycles. The van der Waals surface area contributed by atoms with Gasteiger partial charge in [0.1, 0.15) is 0 Å². The number of hydrogen-bond acceptors (Lipinski definition) is 2. The normalized spacial score (nSPS) is 23.4. The third-order valence-electron chi connectivity index (χ3n) is 4.07. The lowest BCUT2D eigenvalue weighted by molar-refractivity contribution is 0.0479. The van der Waals surface area contributed by atoms with Crippen molar-refractivity contribution in [3.05, 3.63) is 35.4 Å². The molecule has 1 aromatic rings. The lowest BCUT2D eigenvalue weighted by atomic mass is 9.85. The van der Waals surface area contributed by atoms with Crippen LogP contribution in [0.3, 0.4) is 0 Å². The Morgan fingerprint density at radius 1 is 1.33 bits per heavy atom. The van der Waals surface area contributed by atoms with Crippen LogP contribution in [0, 0.1) is 5.92 Å². The molecule has 2 heteroatoms. The molecule has 1 aliphatic carbocycles. The van der Waals surface area contributed by atoms with Gasteiger partial charge in [-0.05, 0) is 49.9 Å². The first kappa shape index (κ1) is 13.6. The number of nitrogens with zero attached hydrogens (tertiary/aromatic N) is 1. The summed E-state index contributed by atoms with van der Waals surface area (Å²) in [5, 5.41) is 10.5. The van der Waals surface area contributed by atoms with Gasteiger partial charge >= 0.3 is 0 Å². The van der Waals surface area contributed by atoms with Crippen LogP contribution < -0.4 is 0 Å². The van der Waals surface area contributed by atoms with E-state index in [1.165, 1.54) is 12.0 Å². The van der Waals surface area contributed by atoms with Gasteiger partial charge in [-0.1, -0.05) is 38.1 Å². The summed E-state index contributed by atoms with van der Waals surface area (Å²) >= 11 is 0. The van der Waals surface area contributed by atoms with E-state index >= 15 is 0 Å². The second-order valence-corrected chi connectivity index (χ2v) is 5.91. The molecule has 0 fully saturated rings. The zero-order valence-corrected chi connectivity index (χ0v) is 11.8. The zero-order valence-electron chi connectivity index (χ0n) is 11.8. The maximum atomic E-state index is 10.5. The number of likely N-dealkylation sites (N-methyl/N-ethyl adjacent to an activating group) is 1. The highest BCUT2D eigenvalue weighted by Gasteiger charge is 2.30. The van der Waals surface area contributed by atoms with Gasteiger partial charge in [0.2, 0.25) is 0 Å². The Hall–Kier alpha value is -0.860. The Bertz CT molecular complexity index is 388. The van der Waals surface area contributed by atoms with Gasteiger partial charge in [0.15, 0.2) is 0 Å². The first-order valence-electron chi connectivity index (χ1n) is 7.05. The third kappa shape index (κ3) is 2.93. The highest BCUT2D eigenvalue weighted by Crippen LogP contribution is 2.32. The van der Waals surface area contributed by atoms with Crippen LogP contribution in [0.4, 0.5) is 0 Å². The van der Waals surface area contributed by atoms with Crippen molar-refractivity contribution < 1.29 is 5.11 Å². The fourth-order valence-electron chi connectivity index (χ4n) is 2.81. The summed E-state index contributed by atoms with van der Waals surface area (Å²) in [6.07, 6.45) is 3.02. The lowest BCUT2D eigenvalue weighted by Crippen LogP contribution is -2.40. The monoisotopic (exact) mass is 247 g/mol. The predicted octanol–water partition coefficient (Wildman–Crippen LogP) is 3.01. The van der Waals surface area contributed by atoms with Crippen molar-refractivity contribution in [2.24, 2.45) is 5.92 Å². The van der Waals surface area contributed by atoms with E-state index in [2.05, 4.69) is 44.0 Å². The molecule has 1 aromatic carbocycles. The standard InChI is InChI=1S/C16H25NO/c1-12(2)10-11-17(3)15-9-8-13-6-4-5-7-14(13)16(15)18/h4-7,12,15-16,18H,8-11H2,1-3H3. The Balaban J connectivity index is 2.04. The Labute approximate surface area is 111 Å². The number of hydrogen-bond donors (Lipinski definition) is 1. The first-order chi connectivity index (χ1) is 8.59. The summed E-state index contributed by atoms with van der Waals surface area (Å²) in [6.45, 7) is 5.57. The van der Waals surface area contributed by atoms with Crippen LogP contribution in [0.2, 0.25) is 0 Å². The minimum atomic E-state index is -0.327. The average molecular weight is 247 g/mol. The molecule has 0 bridgehead atoms. The second kappa shape index (κ2) is 5.85. The summed E-state index contributed by atoms with van der Waals surface area (Å²) in [7, 11) is 2.14. The van der Waals surface area contributed by atoms with E-state index in [4.69, 9.17) is 0 Å². The third-order valence-corrected chi connectivity index (χ3v) is 4.07. The van der Waals surface area contributed by atoms with E-state index in [1.54, 1.807) is 0 Å². The molecule has 2 nitrogen and oxygen atoms in total. The van der Waals surface area contributed by atoms with Crippen molar-refractivity contribution in [2.45, 2.75) is 45.3 Å². The minimum Gasteiger partial charge on any atom is -0.387 e. The van der Waals surface area contributed by atoms with Crippen LogP contribution in [0.25, 0.3) is 0 Å². The summed E-state index contributed by atoms with van der Waals surface area (Å²) in [5.74, 6) is 0.723. The number of aliphatic hydroxyl groups is 1. The fourth-order valence-corrected chi connectivity index (χ4v) is 2.81. The molecule has 2 atom stereocenters. The molecule has 0 heterocycles. The Morgan fingerprint density at radius 3 is 2.78 bits per heavy atom. The van der Waals surface area contributed by atoms with Crippen molar-refractivity contribution in [1.29, 1.82) is 0 Å². The Morgan fingerprint density at radius 2 is 2.06 bits per heavy atom. The molecule has 0 saturated carbocycles. The van der Waals surface area contributed by atoms with Gasteiger partial charge in [-0.3, -0.25) is 0 Å². The highest BCUT2D eigenvalue weighted by atomic mass is 16.3. The quantitative estimate of drug-likeness (QED) is 0.884. The molecular formula is C16H25NO. The van der Waals surface area contributed by atoms with Crippen LogP contribution in [0.15, 0.2) is 24.3 Å². The van der Waals surface area contributed by atoms with Gasteiger partial charge in [-0.15, -0.1) is 0 Å². The summed E-state index contributed by atoms with van der Waals surface area (Å²) in [5.41, 5.74) is 2.45. The molecule has 2 unspecified atom stereocenters. The van der Waals surface area contributed by atoms with Crippen LogP contribution >= 0.6 is 0 Å². The van der Waals surface area contributed by atoms with Crippen LogP contribution in [-0.2, 0) is 6.42 Å². The number of fused-ring (bicyclic) bond motifs is 1. The van der Waals surface area contributed by atoms with Crippen molar-refractivity contribution in [3.63, 3.8) is 0 Å². The molecule has 18 heavy (non-hydrogen) atoms. The van der Waals surface area contributed by atoms with E-state index in [0.717, 1.165) is 30.9 Å². The number of rotatable bonds is 4. The minimum absolute atomic E-state index is 0.277. The smallest absolute Gasteiger partial charge is 0.0947 e. The summed E-state index contributed by atoms with van der Waals surface area (Å²) < 4.78 is 0. The van der Waals surface area contributed by atoms with Gasteiger partial charge in [0, 0.05) is 6.04 Å². The molecule has 0 amide bonds. The van der Waals surface area contributed by atoms with Gasteiger partial charge in [0.25, 0.3) is 0 Å². The predicted molar refractivity (Wildman–Crippen MR) is 75.6 cm³/mol. The average Bonchev–Trinajstić information content (AvgIpc) is 2.37. The van der Waals surface area contributed by atoms with Gasteiger partial charge in [-0.25, -0.2) is 0 Å². The van der Waals surface area contributed by atoms with E-state index in [0.29, 0.717) is 0 Å². The molecule has 100 valence electrons. The topological polar surface area (TPSA) is 23.5 Å². The molecule has 0 aromatic heterocycles. The summed E-state index contributed by atoms with van der Waals surface area (Å²) in [4.78, 5) is 2.33. The molecular weight excluding hydrogens is 222 g/mol. The molecule has 2 rings (SSSR count). The zero-order chi connectivity index (χ0) is 13.1. The van der Waals surface area contributed by atoms with E-state index in [9.17, 15) is 5.11 Å². The maximum Gasteiger partial charge on any atom is 0.0947 e. The van der Waals surface area contributed by atoms with Crippen molar-refractivity contribution in [1.82, 2.24) is 4.90 Å². The first-order valence-corrected chi connectivity index (χ1v) is 7.05. The van der Waals surface area contributed by atoms with Crippen LogP contribution in [0.1, 0.15) is 43.9 Å². The lowest BCUT2D eigenvalue weighted by Gasteiger charge is -2.36. The summed E-state index contributed by atoms with van der Waals surface area (Å²) in [6, 6.07) is 8.58. The van der Waals surface area contributed by atoms with E-state index < -0.39 is 0 Å².